The minimum absolute atomic E-state index is 0.140. The van der Waals surface area contributed by atoms with Gasteiger partial charge in [-0.15, -0.1) is 5.10 Å². The summed E-state index contributed by atoms with van der Waals surface area (Å²) in [5.74, 6) is 2.17. The van der Waals surface area contributed by atoms with Gasteiger partial charge in [-0.05, 0) is 36.4 Å². The second kappa shape index (κ2) is 8.39. The molecule has 1 amide bonds. The molecule has 0 saturated carbocycles. The second-order valence-corrected chi connectivity index (χ2v) is 6.21. The Balaban J connectivity index is 1.56. The molecule has 0 atom stereocenters. The van der Waals surface area contributed by atoms with Gasteiger partial charge >= 0.3 is 0 Å². The molecular weight excluding hydrogens is 352 g/mol. The molecule has 0 fully saturated rings. The van der Waals surface area contributed by atoms with E-state index in [0.717, 1.165) is 11.3 Å². The van der Waals surface area contributed by atoms with Crippen LogP contribution in [0.2, 0.25) is 0 Å². The Kier molecular flexibility index (Phi) is 5.75. The number of H-pyrrole nitrogens is 1. The van der Waals surface area contributed by atoms with E-state index in [1.54, 1.807) is 26.4 Å². The van der Waals surface area contributed by atoms with Crippen molar-refractivity contribution in [3.63, 3.8) is 0 Å². The zero-order chi connectivity index (χ0) is 18.4. The predicted octanol–water partition coefficient (Wildman–Crippen LogP) is 3.22. The maximum Gasteiger partial charge on any atom is 0.234 e. The van der Waals surface area contributed by atoms with Gasteiger partial charge < -0.3 is 14.8 Å². The maximum atomic E-state index is 12.1. The smallest absolute Gasteiger partial charge is 0.234 e. The van der Waals surface area contributed by atoms with Crippen LogP contribution in [-0.2, 0) is 4.79 Å². The van der Waals surface area contributed by atoms with Crippen molar-refractivity contribution in [2.75, 3.05) is 25.3 Å². The van der Waals surface area contributed by atoms with E-state index in [0.29, 0.717) is 22.4 Å². The van der Waals surface area contributed by atoms with Gasteiger partial charge in [0.15, 0.2) is 5.82 Å². The van der Waals surface area contributed by atoms with Crippen LogP contribution in [-0.4, -0.2) is 41.1 Å². The van der Waals surface area contributed by atoms with Crippen molar-refractivity contribution in [1.82, 2.24) is 15.2 Å². The fourth-order valence-corrected chi connectivity index (χ4v) is 2.82. The van der Waals surface area contributed by atoms with Gasteiger partial charge in [0.1, 0.15) is 11.5 Å². The lowest BCUT2D eigenvalue weighted by Gasteiger charge is -2.06. The molecule has 0 bridgehead atoms. The minimum Gasteiger partial charge on any atom is -0.497 e. The monoisotopic (exact) mass is 370 g/mol. The molecule has 3 aromatic rings. The lowest BCUT2D eigenvalue weighted by atomic mass is 10.2. The van der Waals surface area contributed by atoms with Crippen molar-refractivity contribution >= 4 is 23.4 Å². The standard InChI is InChI=1S/C18H18N4O3S/c1-24-14-8-6-12(7-9-14)17-20-18(22-21-17)26-11-16(23)19-13-4-3-5-15(10-13)25-2/h3-10H,11H2,1-2H3,(H,19,23)(H,20,21,22). The summed E-state index contributed by atoms with van der Waals surface area (Å²) in [6.07, 6.45) is 0. The number of rotatable bonds is 7. The fraction of sp³-hybridized carbons (Fsp3) is 0.167. The number of amides is 1. The number of aromatic nitrogens is 3. The zero-order valence-corrected chi connectivity index (χ0v) is 15.2. The minimum atomic E-state index is -0.140. The van der Waals surface area contributed by atoms with Crippen molar-refractivity contribution in [2.45, 2.75) is 5.16 Å². The summed E-state index contributed by atoms with van der Waals surface area (Å²) in [6.45, 7) is 0. The van der Waals surface area contributed by atoms with Crippen LogP contribution in [0, 0.1) is 0 Å². The van der Waals surface area contributed by atoms with Gasteiger partial charge in [0.2, 0.25) is 11.1 Å². The molecule has 134 valence electrons. The molecule has 0 aliphatic rings. The number of nitrogens with zero attached hydrogens (tertiary/aromatic N) is 2. The summed E-state index contributed by atoms with van der Waals surface area (Å²) in [5, 5.41) is 10.3. The maximum absolute atomic E-state index is 12.1. The van der Waals surface area contributed by atoms with Crippen LogP contribution in [0.25, 0.3) is 11.4 Å². The van der Waals surface area contributed by atoms with Gasteiger partial charge in [0, 0.05) is 17.3 Å². The van der Waals surface area contributed by atoms with E-state index in [-0.39, 0.29) is 11.7 Å². The lowest BCUT2D eigenvalue weighted by Crippen LogP contribution is -2.14. The van der Waals surface area contributed by atoms with Crippen molar-refractivity contribution in [3.8, 4) is 22.9 Å². The SMILES string of the molecule is COc1ccc(-c2nc(SCC(=O)Nc3cccc(OC)c3)n[nH]2)cc1. The first-order chi connectivity index (χ1) is 12.7. The Morgan fingerprint density at radius 3 is 2.62 bits per heavy atom. The fourth-order valence-electron chi connectivity index (χ4n) is 2.22. The van der Waals surface area contributed by atoms with E-state index in [1.807, 2.05) is 36.4 Å². The van der Waals surface area contributed by atoms with Gasteiger partial charge in [0.25, 0.3) is 0 Å². The van der Waals surface area contributed by atoms with Crippen LogP contribution in [0.3, 0.4) is 0 Å². The number of nitrogens with one attached hydrogen (secondary N) is 2. The van der Waals surface area contributed by atoms with Crippen LogP contribution < -0.4 is 14.8 Å². The zero-order valence-electron chi connectivity index (χ0n) is 14.4. The Morgan fingerprint density at radius 1 is 1.12 bits per heavy atom. The topological polar surface area (TPSA) is 89.1 Å². The van der Waals surface area contributed by atoms with Gasteiger partial charge in [-0.1, -0.05) is 17.8 Å². The molecule has 0 radical (unpaired) electrons. The number of benzene rings is 2. The molecule has 7 nitrogen and oxygen atoms in total. The summed E-state index contributed by atoms with van der Waals surface area (Å²) < 4.78 is 10.3. The molecule has 2 N–H and O–H groups in total. The number of aromatic amines is 1. The highest BCUT2D eigenvalue weighted by Crippen LogP contribution is 2.22. The molecule has 0 aliphatic heterocycles. The average molecular weight is 370 g/mol. The van der Waals surface area contributed by atoms with Crippen LogP contribution in [0.15, 0.2) is 53.7 Å². The predicted molar refractivity (Wildman–Crippen MR) is 101 cm³/mol. The first-order valence-corrected chi connectivity index (χ1v) is 8.80. The summed E-state index contributed by atoms with van der Waals surface area (Å²) in [7, 11) is 3.20. The summed E-state index contributed by atoms with van der Waals surface area (Å²) in [4.78, 5) is 16.5. The van der Waals surface area contributed by atoms with Crippen LogP contribution in [0.1, 0.15) is 0 Å². The van der Waals surface area contributed by atoms with Crippen molar-refractivity contribution < 1.29 is 14.3 Å². The Hall–Kier alpha value is -3.00. The number of hydrogen-bond donors (Lipinski definition) is 2. The number of methoxy groups -OCH3 is 2. The summed E-state index contributed by atoms with van der Waals surface area (Å²) in [6, 6.07) is 14.7. The van der Waals surface area contributed by atoms with Crippen molar-refractivity contribution in [1.29, 1.82) is 0 Å². The van der Waals surface area contributed by atoms with Crippen molar-refractivity contribution in [3.05, 3.63) is 48.5 Å². The van der Waals surface area contributed by atoms with Crippen LogP contribution >= 0.6 is 11.8 Å². The molecule has 0 unspecified atom stereocenters. The molecule has 0 aliphatic carbocycles. The van der Waals surface area contributed by atoms with E-state index in [1.165, 1.54) is 11.8 Å². The van der Waals surface area contributed by atoms with Crippen LogP contribution in [0.4, 0.5) is 5.69 Å². The molecule has 1 aromatic heterocycles. The third kappa shape index (κ3) is 4.54. The lowest BCUT2D eigenvalue weighted by molar-refractivity contribution is -0.113. The molecule has 0 saturated heterocycles. The Morgan fingerprint density at radius 2 is 1.88 bits per heavy atom. The van der Waals surface area contributed by atoms with Gasteiger partial charge in [-0.2, -0.15) is 0 Å². The molecule has 26 heavy (non-hydrogen) atoms. The van der Waals surface area contributed by atoms with E-state index in [9.17, 15) is 4.79 Å². The quantitative estimate of drug-likeness (QED) is 0.621. The van der Waals surface area contributed by atoms with Crippen molar-refractivity contribution in [2.24, 2.45) is 0 Å². The third-order valence-corrected chi connectivity index (χ3v) is 4.36. The van der Waals surface area contributed by atoms with E-state index < -0.39 is 0 Å². The van der Waals surface area contributed by atoms with Crippen LogP contribution in [0.5, 0.6) is 11.5 Å². The largest absolute Gasteiger partial charge is 0.497 e. The number of carbonyl (C=O) groups excluding carboxylic acids is 1. The van der Waals surface area contributed by atoms with Gasteiger partial charge in [0.05, 0.1) is 20.0 Å². The first-order valence-electron chi connectivity index (χ1n) is 7.81. The number of thioether (sulfide) groups is 1. The van der Waals surface area contributed by atoms with E-state index in [2.05, 4.69) is 20.5 Å². The molecule has 8 heteroatoms. The number of ether oxygens (including phenoxy) is 2. The average Bonchev–Trinajstić information content (AvgIpc) is 3.15. The number of carbonyl (C=O) groups is 1. The van der Waals surface area contributed by atoms with Gasteiger partial charge in [-0.25, -0.2) is 4.98 Å². The third-order valence-electron chi connectivity index (χ3n) is 3.51. The van der Waals surface area contributed by atoms with E-state index in [4.69, 9.17) is 9.47 Å². The Labute approximate surface area is 155 Å². The Bertz CT molecular complexity index is 880. The highest BCUT2D eigenvalue weighted by atomic mass is 32.2. The molecule has 2 aromatic carbocycles. The summed E-state index contributed by atoms with van der Waals surface area (Å²) >= 11 is 1.26. The molecule has 0 spiro atoms. The molecule has 1 heterocycles. The highest BCUT2D eigenvalue weighted by molar-refractivity contribution is 7.99. The second-order valence-electron chi connectivity index (χ2n) is 5.26. The number of hydrogen-bond acceptors (Lipinski definition) is 6. The highest BCUT2D eigenvalue weighted by Gasteiger charge is 2.10. The normalized spacial score (nSPS) is 10.4. The molecule has 3 rings (SSSR count). The van der Waals surface area contributed by atoms with E-state index >= 15 is 0 Å². The van der Waals surface area contributed by atoms with Gasteiger partial charge in [-0.3, -0.25) is 9.89 Å². The number of anilines is 1. The summed E-state index contributed by atoms with van der Waals surface area (Å²) in [5.41, 5.74) is 1.58. The first kappa shape index (κ1) is 17.8. The molecular formula is C18H18N4O3S.